The molecule has 18 heavy (non-hydrogen) atoms. The van der Waals surface area contributed by atoms with Gasteiger partial charge in [0.1, 0.15) is 11.6 Å². The van der Waals surface area contributed by atoms with Gasteiger partial charge in [-0.25, -0.2) is 0 Å². The Bertz CT molecular complexity index is 559. The van der Waals surface area contributed by atoms with Gasteiger partial charge in [0.05, 0.1) is 0 Å². The summed E-state index contributed by atoms with van der Waals surface area (Å²) < 4.78 is 2.23. The van der Waals surface area contributed by atoms with Crippen molar-refractivity contribution in [3.8, 4) is 0 Å². The molecule has 3 rings (SSSR count). The molecular weight excluding hydrogens is 224 g/mol. The third-order valence-electron chi connectivity index (χ3n) is 3.52. The van der Waals surface area contributed by atoms with E-state index in [1.54, 1.807) is 0 Å². The van der Waals surface area contributed by atoms with Crippen molar-refractivity contribution in [2.24, 2.45) is 5.73 Å². The fourth-order valence-electron chi connectivity index (χ4n) is 2.55. The molecule has 0 aliphatic carbocycles. The van der Waals surface area contributed by atoms with E-state index >= 15 is 0 Å². The molecule has 4 nitrogen and oxygen atoms in total. The van der Waals surface area contributed by atoms with Crippen LogP contribution in [0.3, 0.4) is 0 Å². The molecule has 1 atom stereocenters. The third kappa shape index (κ3) is 2.16. The van der Waals surface area contributed by atoms with Crippen molar-refractivity contribution < 1.29 is 0 Å². The summed E-state index contributed by atoms with van der Waals surface area (Å²) in [5.74, 6) is 2.10. The van der Waals surface area contributed by atoms with E-state index in [1.807, 2.05) is 0 Å². The average Bonchev–Trinajstić information content (AvgIpc) is 2.72. The predicted octanol–water partition coefficient (Wildman–Crippen LogP) is 1.45. The van der Waals surface area contributed by atoms with Gasteiger partial charge in [-0.3, -0.25) is 0 Å². The Kier molecular flexibility index (Phi) is 2.88. The minimum atomic E-state index is 0.244. The molecule has 0 fully saturated rings. The van der Waals surface area contributed by atoms with Gasteiger partial charge in [-0.2, -0.15) is 0 Å². The van der Waals surface area contributed by atoms with Gasteiger partial charge in [-0.15, -0.1) is 10.2 Å². The maximum absolute atomic E-state index is 5.95. The van der Waals surface area contributed by atoms with Gasteiger partial charge in [0, 0.05) is 25.4 Å². The van der Waals surface area contributed by atoms with E-state index < -0.39 is 0 Å². The topological polar surface area (TPSA) is 56.7 Å². The summed E-state index contributed by atoms with van der Waals surface area (Å²) in [5, 5.41) is 8.57. The highest BCUT2D eigenvalue weighted by atomic mass is 15.3. The molecule has 0 radical (unpaired) electrons. The van der Waals surface area contributed by atoms with Crippen LogP contribution in [0.25, 0.3) is 0 Å². The van der Waals surface area contributed by atoms with E-state index in [0.29, 0.717) is 0 Å². The SMILES string of the molecule is Cc1cccc(Cc2nnc3n2CCC(N)C3)c1. The lowest BCUT2D eigenvalue weighted by Gasteiger charge is -2.20. The van der Waals surface area contributed by atoms with Gasteiger partial charge in [-0.1, -0.05) is 29.8 Å². The third-order valence-corrected chi connectivity index (χ3v) is 3.52. The molecule has 0 amide bonds. The number of aromatic nitrogens is 3. The highest BCUT2D eigenvalue weighted by Crippen LogP contribution is 2.16. The number of nitrogens with two attached hydrogens (primary N) is 1. The number of hydrogen-bond acceptors (Lipinski definition) is 3. The minimum Gasteiger partial charge on any atom is -0.327 e. The van der Waals surface area contributed by atoms with Crippen LogP contribution in [0, 0.1) is 6.92 Å². The van der Waals surface area contributed by atoms with Crippen LogP contribution in [0.1, 0.15) is 29.2 Å². The van der Waals surface area contributed by atoms with Crippen molar-refractivity contribution in [2.45, 2.75) is 38.8 Å². The monoisotopic (exact) mass is 242 g/mol. The predicted molar refractivity (Wildman–Crippen MR) is 70.3 cm³/mol. The van der Waals surface area contributed by atoms with E-state index in [9.17, 15) is 0 Å². The van der Waals surface area contributed by atoms with E-state index in [4.69, 9.17) is 5.73 Å². The average molecular weight is 242 g/mol. The molecule has 2 aromatic rings. The standard InChI is InChI=1S/C14H18N4/c1-10-3-2-4-11(7-10)8-13-16-17-14-9-12(15)5-6-18(13)14/h2-4,7,12H,5-6,8-9,15H2,1H3. The quantitative estimate of drug-likeness (QED) is 0.867. The summed E-state index contributed by atoms with van der Waals surface area (Å²) in [4.78, 5) is 0. The maximum atomic E-state index is 5.95. The first-order chi connectivity index (χ1) is 8.72. The molecular formula is C14H18N4. The molecule has 0 saturated heterocycles. The molecule has 1 unspecified atom stereocenters. The molecule has 2 N–H and O–H groups in total. The van der Waals surface area contributed by atoms with Crippen molar-refractivity contribution in [1.82, 2.24) is 14.8 Å². The molecule has 0 saturated carbocycles. The van der Waals surface area contributed by atoms with Gasteiger partial charge in [0.25, 0.3) is 0 Å². The van der Waals surface area contributed by atoms with Crippen LogP contribution in [0.2, 0.25) is 0 Å². The Labute approximate surface area is 107 Å². The second kappa shape index (κ2) is 4.53. The number of nitrogens with zero attached hydrogens (tertiary/aromatic N) is 3. The number of benzene rings is 1. The van der Waals surface area contributed by atoms with Crippen molar-refractivity contribution in [3.05, 3.63) is 47.0 Å². The Balaban J connectivity index is 1.86. The summed E-state index contributed by atoms with van der Waals surface area (Å²) in [7, 11) is 0. The number of fused-ring (bicyclic) bond motifs is 1. The van der Waals surface area contributed by atoms with Crippen molar-refractivity contribution in [1.29, 1.82) is 0 Å². The lowest BCUT2D eigenvalue weighted by atomic mass is 10.1. The molecule has 0 spiro atoms. The number of aryl methyl sites for hydroxylation is 1. The normalized spacial score (nSPS) is 18.7. The van der Waals surface area contributed by atoms with Gasteiger partial charge >= 0.3 is 0 Å². The summed E-state index contributed by atoms with van der Waals surface area (Å²) in [5.41, 5.74) is 8.53. The first-order valence-corrected chi connectivity index (χ1v) is 6.44. The highest BCUT2D eigenvalue weighted by Gasteiger charge is 2.20. The summed E-state index contributed by atoms with van der Waals surface area (Å²) in [6.45, 7) is 3.06. The van der Waals surface area contributed by atoms with Crippen molar-refractivity contribution in [2.75, 3.05) is 0 Å². The molecule has 1 aliphatic rings. The van der Waals surface area contributed by atoms with Crippen molar-refractivity contribution >= 4 is 0 Å². The van der Waals surface area contributed by atoms with E-state index in [2.05, 4.69) is 46.0 Å². The molecule has 1 aromatic heterocycles. The molecule has 0 bridgehead atoms. The lowest BCUT2D eigenvalue weighted by molar-refractivity contribution is 0.455. The zero-order valence-corrected chi connectivity index (χ0v) is 10.6. The first kappa shape index (κ1) is 11.4. The maximum Gasteiger partial charge on any atom is 0.137 e. The zero-order chi connectivity index (χ0) is 12.5. The fourth-order valence-corrected chi connectivity index (χ4v) is 2.55. The molecule has 94 valence electrons. The Morgan fingerprint density at radius 1 is 1.39 bits per heavy atom. The highest BCUT2D eigenvalue weighted by molar-refractivity contribution is 5.25. The summed E-state index contributed by atoms with van der Waals surface area (Å²) in [6.07, 6.45) is 2.72. The van der Waals surface area contributed by atoms with E-state index in [0.717, 1.165) is 37.5 Å². The second-order valence-corrected chi connectivity index (χ2v) is 5.10. The largest absolute Gasteiger partial charge is 0.327 e. The molecule has 1 aliphatic heterocycles. The van der Waals surface area contributed by atoms with Crippen LogP contribution < -0.4 is 5.73 Å². The van der Waals surface area contributed by atoms with E-state index in [-0.39, 0.29) is 6.04 Å². The van der Waals surface area contributed by atoms with Gasteiger partial charge in [-0.05, 0) is 18.9 Å². The molecule has 2 heterocycles. The lowest BCUT2D eigenvalue weighted by Crippen LogP contribution is -2.31. The zero-order valence-electron chi connectivity index (χ0n) is 10.6. The summed E-state index contributed by atoms with van der Waals surface area (Å²) in [6, 6.07) is 8.79. The van der Waals surface area contributed by atoms with Crippen LogP contribution in [-0.4, -0.2) is 20.8 Å². The molecule has 4 heteroatoms. The van der Waals surface area contributed by atoms with Crippen LogP contribution in [0.15, 0.2) is 24.3 Å². The van der Waals surface area contributed by atoms with Crippen LogP contribution in [-0.2, 0) is 19.4 Å². The summed E-state index contributed by atoms with van der Waals surface area (Å²) >= 11 is 0. The van der Waals surface area contributed by atoms with Crippen LogP contribution in [0.5, 0.6) is 0 Å². The second-order valence-electron chi connectivity index (χ2n) is 5.10. The van der Waals surface area contributed by atoms with Crippen molar-refractivity contribution in [3.63, 3.8) is 0 Å². The van der Waals surface area contributed by atoms with E-state index in [1.165, 1.54) is 11.1 Å². The number of rotatable bonds is 2. The minimum absolute atomic E-state index is 0.244. The Hall–Kier alpha value is -1.68. The first-order valence-electron chi connectivity index (χ1n) is 6.44. The van der Waals surface area contributed by atoms with Gasteiger partial charge in [0.15, 0.2) is 0 Å². The fraction of sp³-hybridized carbons (Fsp3) is 0.429. The Morgan fingerprint density at radius 3 is 3.11 bits per heavy atom. The van der Waals surface area contributed by atoms with Crippen LogP contribution in [0.4, 0.5) is 0 Å². The molecule has 1 aromatic carbocycles. The Morgan fingerprint density at radius 2 is 2.28 bits per heavy atom. The number of hydrogen-bond donors (Lipinski definition) is 1. The van der Waals surface area contributed by atoms with Gasteiger partial charge < -0.3 is 10.3 Å². The van der Waals surface area contributed by atoms with Crippen LogP contribution >= 0.6 is 0 Å². The van der Waals surface area contributed by atoms with Gasteiger partial charge in [0.2, 0.25) is 0 Å². The smallest absolute Gasteiger partial charge is 0.137 e.